The molecule has 10 aliphatic rings. The lowest BCUT2D eigenvalue weighted by molar-refractivity contribution is -0.341. The van der Waals surface area contributed by atoms with E-state index in [-0.39, 0.29) is 29.2 Å². The van der Waals surface area contributed by atoms with Crippen molar-refractivity contribution < 1.29 is 19.0 Å². The van der Waals surface area contributed by atoms with Crippen LogP contribution in [0.1, 0.15) is 25.7 Å². The molecular formula is C21H24O4. The summed E-state index contributed by atoms with van der Waals surface area (Å²) < 4.78 is 19.0. The van der Waals surface area contributed by atoms with E-state index in [1.165, 1.54) is 19.3 Å². The first-order valence-corrected chi connectivity index (χ1v) is 10.7. The lowest BCUT2D eigenvalue weighted by Crippen LogP contribution is -2.72. The molecule has 4 nitrogen and oxygen atoms in total. The highest BCUT2D eigenvalue weighted by atomic mass is 16.7. The Hall–Kier alpha value is -0.610. The number of rotatable bonds is 1. The predicted molar refractivity (Wildman–Crippen MR) is 83.8 cm³/mol. The molecule has 8 saturated carbocycles. The summed E-state index contributed by atoms with van der Waals surface area (Å²) in [5.41, 5.74) is -0.251. The van der Waals surface area contributed by atoms with Gasteiger partial charge in [-0.15, -0.1) is 0 Å². The van der Waals surface area contributed by atoms with Gasteiger partial charge in [0.25, 0.3) is 0 Å². The van der Waals surface area contributed by atoms with E-state index in [1.54, 1.807) is 0 Å². The molecule has 8 aliphatic carbocycles. The van der Waals surface area contributed by atoms with Crippen LogP contribution in [0.2, 0.25) is 0 Å². The Labute approximate surface area is 146 Å². The Balaban J connectivity index is 1.42. The van der Waals surface area contributed by atoms with Gasteiger partial charge in [-0.3, -0.25) is 4.79 Å². The Kier molecular flexibility index (Phi) is 1.64. The van der Waals surface area contributed by atoms with Crippen LogP contribution in [-0.4, -0.2) is 31.6 Å². The second kappa shape index (κ2) is 3.22. The van der Waals surface area contributed by atoms with Gasteiger partial charge in [0.1, 0.15) is 6.10 Å². The molecule has 132 valence electrons. The summed E-state index contributed by atoms with van der Waals surface area (Å²) in [6, 6.07) is 0. The van der Waals surface area contributed by atoms with Crippen LogP contribution in [0.25, 0.3) is 0 Å². The van der Waals surface area contributed by atoms with Crippen LogP contribution in [0.5, 0.6) is 0 Å². The van der Waals surface area contributed by atoms with Crippen LogP contribution in [0.4, 0.5) is 0 Å². The molecule has 10 rings (SSSR count). The van der Waals surface area contributed by atoms with E-state index in [2.05, 4.69) is 0 Å². The number of esters is 1. The van der Waals surface area contributed by atoms with Crippen molar-refractivity contribution >= 4 is 5.97 Å². The van der Waals surface area contributed by atoms with Gasteiger partial charge in [-0.2, -0.15) is 0 Å². The Morgan fingerprint density at radius 3 is 2.44 bits per heavy atom. The van der Waals surface area contributed by atoms with Crippen molar-refractivity contribution in [1.82, 2.24) is 0 Å². The smallest absolute Gasteiger partial charge is 0.313 e. The number of hydrogen-bond acceptors (Lipinski definition) is 4. The average Bonchev–Trinajstić information content (AvgIpc) is 3.38. The van der Waals surface area contributed by atoms with Crippen molar-refractivity contribution in [3.63, 3.8) is 0 Å². The normalized spacial score (nSPS) is 79.1. The molecule has 4 heteroatoms. The van der Waals surface area contributed by atoms with Crippen LogP contribution < -0.4 is 0 Å². The van der Waals surface area contributed by atoms with E-state index < -0.39 is 0 Å². The first-order valence-electron chi connectivity index (χ1n) is 10.7. The molecule has 0 radical (unpaired) electrons. The summed E-state index contributed by atoms with van der Waals surface area (Å²) in [5, 5.41) is 0. The summed E-state index contributed by atoms with van der Waals surface area (Å²) in [7, 11) is 1.83. The van der Waals surface area contributed by atoms with Gasteiger partial charge in [0, 0.05) is 18.4 Å². The number of hydrogen-bond donors (Lipinski definition) is 0. The highest BCUT2D eigenvalue weighted by Crippen LogP contribution is 2.99. The monoisotopic (exact) mass is 340 g/mol. The lowest BCUT2D eigenvalue weighted by atomic mass is 9.42. The molecule has 0 N–H and O–H groups in total. The molecule has 10 fully saturated rings. The Morgan fingerprint density at radius 2 is 1.60 bits per heavy atom. The van der Waals surface area contributed by atoms with Crippen molar-refractivity contribution in [3.8, 4) is 0 Å². The maximum Gasteiger partial charge on any atom is 0.313 e. The van der Waals surface area contributed by atoms with E-state index in [9.17, 15) is 4.79 Å². The van der Waals surface area contributed by atoms with E-state index in [1.807, 2.05) is 7.11 Å². The molecule has 0 aromatic rings. The first-order chi connectivity index (χ1) is 12.3. The number of carbonyl (C=O) groups is 1. The molecule has 2 saturated heterocycles. The van der Waals surface area contributed by atoms with Crippen LogP contribution in [-0.2, 0) is 19.0 Å². The van der Waals surface area contributed by atoms with Gasteiger partial charge in [0.15, 0.2) is 6.29 Å². The minimum Gasteiger partial charge on any atom is -0.462 e. The molecule has 0 aromatic carbocycles. The summed E-state index contributed by atoms with van der Waals surface area (Å²) in [6.45, 7) is 0. The summed E-state index contributed by atoms with van der Waals surface area (Å²) in [5.74, 6) is 7.33. The van der Waals surface area contributed by atoms with Crippen LogP contribution in [0.15, 0.2) is 0 Å². The van der Waals surface area contributed by atoms with Gasteiger partial charge in [0.2, 0.25) is 0 Å². The number of ether oxygens (including phenoxy) is 3. The van der Waals surface area contributed by atoms with Crippen LogP contribution >= 0.6 is 0 Å². The molecule has 15 atom stereocenters. The molecule has 25 heavy (non-hydrogen) atoms. The topological polar surface area (TPSA) is 44.8 Å². The molecule has 2 heterocycles. The quantitative estimate of drug-likeness (QED) is 0.686. The zero-order valence-electron chi connectivity index (χ0n) is 14.5. The zero-order valence-corrected chi connectivity index (χ0v) is 14.5. The summed E-state index contributed by atoms with van der Waals surface area (Å²) in [4.78, 5) is 13.7. The Bertz CT molecular complexity index is 762. The average molecular weight is 340 g/mol. The fourth-order valence-corrected chi connectivity index (χ4v) is 12.5. The number of methoxy groups -OCH3 is 1. The van der Waals surface area contributed by atoms with Crippen molar-refractivity contribution in [2.75, 3.05) is 7.11 Å². The maximum absolute atomic E-state index is 13.7. The van der Waals surface area contributed by atoms with Gasteiger partial charge < -0.3 is 14.2 Å². The van der Waals surface area contributed by atoms with E-state index in [0.29, 0.717) is 35.7 Å². The summed E-state index contributed by atoms with van der Waals surface area (Å²) in [6.07, 6.45) is 5.34. The maximum atomic E-state index is 13.7. The van der Waals surface area contributed by atoms with Crippen molar-refractivity contribution in [1.29, 1.82) is 0 Å². The molecule has 0 unspecified atom stereocenters. The second-order valence-electron chi connectivity index (χ2n) is 10.9. The van der Waals surface area contributed by atoms with Gasteiger partial charge >= 0.3 is 5.97 Å². The molecule has 0 amide bonds. The van der Waals surface area contributed by atoms with Crippen molar-refractivity contribution in [3.05, 3.63) is 0 Å². The molecule has 8 bridgehead atoms. The predicted octanol–water partition coefficient (Wildman–Crippen LogP) is 2.07. The minimum atomic E-state index is -0.225. The minimum absolute atomic E-state index is 0.0258. The third-order valence-electron chi connectivity index (χ3n) is 11.6. The molecule has 2 spiro atoms. The molecule has 2 aliphatic heterocycles. The SMILES string of the molecule is CO[C@H]1O[C@H]2CC[C@H]3[C@H]2[C@H]2[C@H]4[C@H]5[C@H]6[C@@H]7[C@H]8CC[C@H]7OC(=O)[C@]6([C@@H]34)[C@]12[C@H]85. The Morgan fingerprint density at radius 1 is 0.880 bits per heavy atom. The van der Waals surface area contributed by atoms with Gasteiger partial charge in [-0.05, 0) is 78.9 Å². The highest BCUT2D eigenvalue weighted by Gasteiger charge is 3.02. The van der Waals surface area contributed by atoms with E-state index in [4.69, 9.17) is 14.2 Å². The fraction of sp³-hybridized carbons (Fsp3) is 0.952. The largest absolute Gasteiger partial charge is 0.462 e. The highest BCUT2D eigenvalue weighted by molar-refractivity contribution is 5.85. The van der Waals surface area contributed by atoms with Crippen molar-refractivity contribution in [2.45, 2.75) is 44.2 Å². The fourth-order valence-electron chi connectivity index (χ4n) is 12.5. The van der Waals surface area contributed by atoms with Crippen LogP contribution in [0, 0.1) is 70.0 Å². The van der Waals surface area contributed by atoms with Gasteiger partial charge in [-0.1, -0.05) is 0 Å². The van der Waals surface area contributed by atoms with Crippen LogP contribution in [0.3, 0.4) is 0 Å². The van der Waals surface area contributed by atoms with Gasteiger partial charge in [-0.25, -0.2) is 0 Å². The second-order valence-corrected chi connectivity index (χ2v) is 10.9. The van der Waals surface area contributed by atoms with Gasteiger partial charge in [0.05, 0.1) is 11.5 Å². The number of carbonyl (C=O) groups excluding carboxylic acids is 1. The van der Waals surface area contributed by atoms with E-state index >= 15 is 0 Å². The lowest BCUT2D eigenvalue weighted by Gasteiger charge is -2.65. The summed E-state index contributed by atoms with van der Waals surface area (Å²) >= 11 is 0. The third kappa shape index (κ3) is 0.790. The standard InChI is InChI=1S/C21H24O4/c1-23-19-21-15-7-2-4-8-10(7)16-13(15)12-14(20(16,21)18(22)24-8)6-3-5-9(25-19)11(6)17(12)21/h6-17,19H,2-5H2,1H3/t6-,7+,8+,9-,10+,11+,12-,13+,14-,15+,16+,17-,19-,20+,21-/m0/s1. The van der Waals surface area contributed by atoms with Crippen molar-refractivity contribution in [2.24, 2.45) is 70.0 Å². The zero-order chi connectivity index (χ0) is 16.0. The molecular weight excluding hydrogens is 316 g/mol. The third-order valence-corrected chi connectivity index (χ3v) is 11.6. The molecule has 0 aromatic heterocycles. The van der Waals surface area contributed by atoms with E-state index in [0.717, 1.165) is 36.0 Å². The first kappa shape index (κ1) is 12.7.